The minimum Gasteiger partial charge on any atom is -0.497 e. The van der Waals surface area contributed by atoms with Gasteiger partial charge in [0.1, 0.15) is 5.75 Å². The van der Waals surface area contributed by atoms with Gasteiger partial charge in [-0.25, -0.2) is 0 Å². The van der Waals surface area contributed by atoms with Gasteiger partial charge < -0.3 is 9.30 Å². The fourth-order valence-electron chi connectivity index (χ4n) is 3.82. The summed E-state index contributed by atoms with van der Waals surface area (Å²) >= 11 is 0. The van der Waals surface area contributed by atoms with E-state index in [0.717, 1.165) is 31.8 Å². The Balaban J connectivity index is 1.75. The first-order valence-electron chi connectivity index (χ1n) is 8.92. The van der Waals surface area contributed by atoms with Crippen molar-refractivity contribution in [2.75, 3.05) is 13.7 Å². The van der Waals surface area contributed by atoms with Crippen molar-refractivity contribution in [3.05, 3.63) is 89.7 Å². The fraction of sp³-hybridized carbons (Fsp3) is 0.273. The lowest BCUT2D eigenvalue weighted by molar-refractivity contribution is 0.220. The molecule has 1 unspecified atom stereocenters. The summed E-state index contributed by atoms with van der Waals surface area (Å²) in [5.41, 5.74) is 4.01. The summed E-state index contributed by atoms with van der Waals surface area (Å²) in [5.74, 6) is 0.916. The van der Waals surface area contributed by atoms with Crippen LogP contribution in [0.15, 0.2) is 72.9 Å². The molecule has 1 aliphatic rings. The second-order valence-corrected chi connectivity index (χ2v) is 6.62. The van der Waals surface area contributed by atoms with Gasteiger partial charge in [-0.1, -0.05) is 42.5 Å². The van der Waals surface area contributed by atoms with E-state index in [1.54, 1.807) is 7.11 Å². The molecule has 3 nitrogen and oxygen atoms in total. The van der Waals surface area contributed by atoms with E-state index < -0.39 is 0 Å². The van der Waals surface area contributed by atoms with Crippen LogP contribution < -0.4 is 4.74 Å². The number of aromatic nitrogens is 1. The first-order chi connectivity index (χ1) is 12.3. The van der Waals surface area contributed by atoms with Crippen molar-refractivity contribution in [3.8, 4) is 5.75 Å². The zero-order valence-electron chi connectivity index (χ0n) is 14.6. The van der Waals surface area contributed by atoms with Crippen LogP contribution in [0, 0.1) is 0 Å². The van der Waals surface area contributed by atoms with Crippen LogP contribution in [0.1, 0.15) is 29.3 Å². The summed E-state index contributed by atoms with van der Waals surface area (Å²) in [7, 11) is 1.73. The fourth-order valence-corrected chi connectivity index (χ4v) is 3.82. The molecule has 3 aromatic rings. The largest absolute Gasteiger partial charge is 0.497 e. The molecule has 0 saturated heterocycles. The van der Waals surface area contributed by atoms with Crippen molar-refractivity contribution < 1.29 is 4.74 Å². The zero-order valence-corrected chi connectivity index (χ0v) is 14.6. The van der Waals surface area contributed by atoms with Crippen LogP contribution in [-0.4, -0.2) is 23.1 Å². The van der Waals surface area contributed by atoms with Gasteiger partial charge in [0.25, 0.3) is 0 Å². The number of benzene rings is 2. The van der Waals surface area contributed by atoms with Gasteiger partial charge >= 0.3 is 0 Å². The first kappa shape index (κ1) is 16.0. The van der Waals surface area contributed by atoms with Crippen molar-refractivity contribution in [1.82, 2.24) is 9.47 Å². The summed E-state index contributed by atoms with van der Waals surface area (Å²) in [6.07, 6.45) is 3.36. The van der Waals surface area contributed by atoms with E-state index >= 15 is 0 Å². The lowest BCUT2D eigenvalue weighted by Crippen LogP contribution is -2.29. The molecule has 0 fully saturated rings. The van der Waals surface area contributed by atoms with Gasteiger partial charge in [0.05, 0.1) is 13.2 Å². The molecule has 1 aromatic heterocycles. The molecule has 128 valence electrons. The van der Waals surface area contributed by atoms with Crippen LogP contribution in [0.25, 0.3) is 0 Å². The molecule has 0 amide bonds. The van der Waals surface area contributed by atoms with Gasteiger partial charge in [-0.2, -0.15) is 0 Å². The van der Waals surface area contributed by atoms with Crippen LogP contribution in [-0.2, 0) is 13.1 Å². The van der Waals surface area contributed by atoms with Crippen molar-refractivity contribution in [3.63, 3.8) is 0 Å². The third-order valence-electron chi connectivity index (χ3n) is 4.99. The Morgan fingerprint density at radius 2 is 1.84 bits per heavy atom. The van der Waals surface area contributed by atoms with E-state index in [-0.39, 0.29) is 6.04 Å². The third kappa shape index (κ3) is 3.33. The minimum atomic E-state index is 0.243. The average molecular weight is 332 g/mol. The Kier molecular flexibility index (Phi) is 4.57. The maximum atomic E-state index is 5.47. The standard InChI is InChI=1S/C22H24N2O/c1-25-20-11-5-10-19(16-20)22-21-12-6-13-23(21)14-7-15-24(22)17-18-8-3-2-4-9-18/h2-6,8-13,16,22H,7,14-15,17H2,1H3. The monoisotopic (exact) mass is 332 g/mol. The van der Waals surface area contributed by atoms with E-state index in [9.17, 15) is 0 Å². The summed E-state index contributed by atoms with van der Waals surface area (Å²) in [6.45, 7) is 3.11. The maximum absolute atomic E-state index is 5.47. The van der Waals surface area contributed by atoms with E-state index in [1.807, 2.05) is 6.07 Å². The number of ether oxygens (including phenoxy) is 1. The SMILES string of the molecule is COc1cccc(C2c3cccn3CCCN2Cc2ccccc2)c1. The molecule has 3 heteroatoms. The lowest BCUT2D eigenvalue weighted by Gasteiger charge is -2.31. The van der Waals surface area contributed by atoms with Crippen molar-refractivity contribution in [1.29, 1.82) is 0 Å². The molecule has 1 atom stereocenters. The van der Waals surface area contributed by atoms with Crippen molar-refractivity contribution in [2.24, 2.45) is 0 Å². The number of hydrogen-bond acceptors (Lipinski definition) is 2. The Morgan fingerprint density at radius 1 is 0.960 bits per heavy atom. The molecule has 0 spiro atoms. The number of aryl methyl sites for hydroxylation is 1. The lowest BCUT2D eigenvalue weighted by atomic mass is 10.0. The molecule has 0 N–H and O–H groups in total. The van der Waals surface area contributed by atoms with Gasteiger partial charge in [0.15, 0.2) is 0 Å². The minimum absolute atomic E-state index is 0.243. The van der Waals surface area contributed by atoms with Gasteiger partial charge in [-0.15, -0.1) is 0 Å². The number of rotatable bonds is 4. The highest BCUT2D eigenvalue weighted by molar-refractivity contribution is 5.36. The Bertz CT molecular complexity index is 825. The molecular weight excluding hydrogens is 308 g/mol. The molecule has 0 aliphatic carbocycles. The predicted molar refractivity (Wildman–Crippen MR) is 101 cm³/mol. The van der Waals surface area contributed by atoms with Gasteiger partial charge in [0, 0.05) is 31.5 Å². The van der Waals surface area contributed by atoms with E-state index in [2.05, 4.69) is 76.3 Å². The number of methoxy groups -OCH3 is 1. The number of nitrogens with zero attached hydrogens (tertiary/aromatic N) is 2. The van der Waals surface area contributed by atoms with Crippen LogP contribution in [0.4, 0.5) is 0 Å². The highest BCUT2D eigenvalue weighted by atomic mass is 16.5. The molecule has 25 heavy (non-hydrogen) atoms. The van der Waals surface area contributed by atoms with Crippen LogP contribution in [0.5, 0.6) is 5.75 Å². The average Bonchev–Trinajstić information content (AvgIpc) is 3.04. The molecule has 2 heterocycles. The van der Waals surface area contributed by atoms with Gasteiger partial charge in [-0.3, -0.25) is 4.90 Å². The second-order valence-electron chi connectivity index (χ2n) is 6.62. The molecule has 1 aliphatic heterocycles. The van der Waals surface area contributed by atoms with E-state index in [4.69, 9.17) is 4.74 Å². The van der Waals surface area contributed by atoms with Gasteiger partial charge in [0.2, 0.25) is 0 Å². The topological polar surface area (TPSA) is 17.4 Å². The molecule has 0 bridgehead atoms. The summed E-state index contributed by atoms with van der Waals surface area (Å²) in [6, 6.07) is 23.9. The van der Waals surface area contributed by atoms with Gasteiger partial charge in [-0.05, 0) is 41.8 Å². The quantitative estimate of drug-likeness (QED) is 0.700. The van der Waals surface area contributed by atoms with Crippen LogP contribution in [0.2, 0.25) is 0 Å². The molecule has 2 aromatic carbocycles. The molecule has 0 radical (unpaired) electrons. The first-order valence-corrected chi connectivity index (χ1v) is 8.92. The maximum Gasteiger partial charge on any atom is 0.119 e. The normalized spacial score (nSPS) is 17.7. The van der Waals surface area contributed by atoms with E-state index in [0.29, 0.717) is 0 Å². The third-order valence-corrected chi connectivity index (χ3v) is 4.99. The molecular formula is C22H24N2O. The number of hydrogen-bond donors (Lipinski definition) is 0. The van der Waals surface area contributed by atoms with Crippen molar-refractivity contribution >= 4 is 0 Å². The highest BCUT2D eigenvalue weighted by Crippen LogP contribution is 2.34. The second kappa shape index (κ2) is 7.16. The smallest absolute Gasteiger partial charge is 0.119 e. The summed E-state index contributed by atoms with van der Waals surface area (Å²) < 4.78 is 7.87. The zero-order chi connectivity index (χ0) is 17.1. The molecule has 4 rings (SSSR count). The molecule has 0 saturated carbocycles. The van der Waals surface area contributed by atoms with Crippen LogP contribution in [0.3, 0.4) is 0 Å². The Hall–Kier alpha value is -2.52. The summed E-state index contributed by atoms with van der Waals surface area (Å²) in [5, 5.41) is 0. The Labute approximate surface area is 149 Å². The highest BCUT2D eigenvalue weighted by Gasteiger charge is 2.27. The van der Waals surface area contributed by atoms with Crippen LogP contribution >= 0.6 is 0 Å². The summed E-state index contributed by atoms with van der Waals surface area (Å²) in [4.78, 5) is 2.59. The predicted octanol–water partition coefficient (Wildman–Crippen LogP) is 4.49. The number of fused-ring (bicyclic) bond motifs is 1. The Morgan fingerprint density at radius 3 is 2.68 bits per heavy atom. The van der Waals surface area contributed by atoms with E-state index in [1.165, 1.54) is 16.8 Å². The van der Waals surface area contributed by atoms with Crippen molar-refractivity contribution in [2.45, 2.75) is 25.6 Å².